The molecular formula is C15H18N2O. The minimum Gasteiger partial charge on any atom is -0.307 e. The first-order chi connectivity index (χ1) is 8.61. The summed E-state index contributed by atoms with van der Waals surface area (Å²) >= 11 is 0. The Balaban J connectivity index is 2.60. The van der Waals surface area contributed by atoms with Gasteiger partial charge in [-0.1, -0.05) is 45.0 Å². The smallest absolute Gasteiger partial charge is 0.251 e. The van der Waals surface area contributed by atoms with Crippen molar-refractivity contribution in [2.24, 2.45) is 0 Å². The normalized spacial score (nSPS) is 10.9. The number of hydrogen-bond acceptors (Lipinski definition) is 2. The Bertz CT molecular complexity index is 599. The maximum absolute atomic E-state index is 11.7. The number of rotatable bonds is 3. The van der Waals surface area contributed by atoms with Gasteiger partial charge in [0.15, 0.2) is 0 Å². The van der Waals surface area contributed by atoms with E-state index in [1.54, 1.807) is 6.07 Å². The quantitative estimate of drug-likeness (QED) is 0.898. The summed E-state index contributed by atoms with van der Waals surface area (Å²) in [6, 6.07) is 9.62. The Labute approximate surface area is 107 Å². The average molecular weight is 242 g/mol. The first-order valence-electron chi connectivity index (χ1n) is 6.31. The number of nitrogens with one attached hydrogen (secondary N) is 1. The Morgan fingerprint density at radius 1 is 1.28 bits per heavy atom. The SMILES string of the molecule is CCc1ccccc1-c1nc(C(C)C)cc(=O)[nH]1. The largest absolute Gasteiger partial charge is 0.307 e. The van der Waals surface area contributed by atoms with Crippen LogP contribution in [0.1, 0.15) is 37.9 Å². The molecule has 1 heterocycles. The third-order valence-electron chi connectivity index (χ3n) is 3.01. The minimum absolute atomic E-state index is 0.0883. The Morgan fingerprint density at radius 3 is 2.67 bits per heavy atom. The molecule has 0 aliphatic rings. The predicted molar refractivity (Wildman–Crippen MR) is 73.8 cm³/mol. The van der Waals surface area contributed by atoms with E-state index < -0.39 is 0 Å². The molecule has 18 heavy (non-hydrogen) atoms. The second-order valence-electron chi connectivity index (χ2n) is 4.68. The molecule has 2 rings (SSSR count). The van der Waals surface area contributed by atoms with Gasteiger partial charge in [0.25, 0.3) is 5.56 Å². The molecule has 0 radical (unpaired) electrons. The number of H-pyrrole nitrogens is 1. The zero-order chi connectivity index (χ0) is 13.1. The summed E-state index contributed by atoms with van der Waals surface area (Å²) in [4.78, 5) is 19.1. The summed E-state index contributed by atoms with van der Waals surface area (Å²) in [6.07, 6.45) is 0.922. The summed E-state index contributed by atoms with van der Waals surface area (Å²) in [5, 5.41) is 0. The lowest BCUT2D eigenvalue weighted by atomic mass is 10.0. The molecule has 1 N–H and O–H groups in total. The van der Waals surface area contributed by atoms with E-state index in [2.05, 4.69) is 23.0 Å². The number of hydrogen-bond donors (Lipinski definition) is 1. The van der Waals surface area contributed by atoms with Crippen LogP contribution in [-0.4, -0.2) is 9.97 Å². The molecule has 1 aromatic carbocycles. The average Bonchev–Trinajstić information content (AvgIpc) is 2.38. The van der Waals surface area contributed by atoms with Gasteiger partial charge in [0.1, 0.15) is 5.82 Å². The molecule has 2 aromatic rings. The van der Waals surface area contributed by atoms with Crippen molar-refractivity contribution in [3.05, 3.63) is 51.9 Å². The second kappa shape index (κ2) is 5.17. The summed E-state index contributed by atoms with van der Waals surface area (Å²) in [5.41, 5.74) is 2.95. The highest BCUT2D eigenvalue weighted by Crippen LogP contribution is 2.21. The lowest BCUT2D eigenvalue weighted by molar-refractivity contribution is 0.811. The van der Waals surface area contributed by atoms with Gasteiger partial charge in [0.2, 0.25) is 0 Å². The van der Waals surface area contributed by atoms with Crippen molar-refractivity contribution in [1.29, 1.82) is 0 Å². The molecule has 0 aliphatic carbocycles. The maximum atomic E-state index is 11.7. The standard InChI is InChI=1S/C15H18N2O/c1-4-11-7-5-6-8-12(11)15-16-13(10(2)3)9-14(18)17-15/h5-10H,4H2,1-3H3,(H,16,17,18). The third kappa shape index (κ3) is 2.50. The molecular weight excluding hydrogens is 224 g/mol. The number of nitrogens with zero attached hydrogens (tertiary/aromatic N) is 1. The van der Waals surface area contributed by atoms with Crippen LogP contribution in [0.4, 0.5) is 0 Å². The lowest BCUT2D eigenvalue weighted by Gasteiger charge is -2.09. The van der Waals surface area contributed by atoms with Crippen molar-refractivity contribution in [3.8, 4) is 11.4 Å². The molecule has 0 amide bonds. The number of benzene rings is 1. The topological polar surface area (TPSA) is 45.8 Å². The van der Waals surface area contributed by atoms with Gasteiger partial charge in [-0.2, -0.15) is 0 Å². The predicted octanol–water partition coefficient (Wildman–Crippen LogP) is 3.12. The second-order valence-corrected chi connectivity index (χ2v) is 4.68. The number of aromatic nitrogens is 2. The van der Waals surface area contributed by atoms with E-state index in [1.165, 1.54) is 5.56 Å². The van der Waals surface area contributed by atoms with Crippen LogP contribution in [0, 0.1) is 0 Å². The molecule has 1 aromatic heterocycles. The molecule has 0 unspecified atom stereocenters. The molecule has 0 aliphatic heterocycles. The van der Waals surface area contributed by atoms with Crippen LogP contribution in [0.25, 0.3) is 11.4 Å². The molecule has 0 bridgehead atoms. The lowest BCUT2D eigenvalue weighted by Crippen LogP contribution is -2.11. The van der Waals surface area contributed by atoms with Gasteiger partial charge in [0.05, 0.1) is 5.69 Å². The minimum atomic E-state index is -0.0883. The third-order valence-corrected chi connectivity index (χ3v) is 3.01. The highest BCUT2D eigenvalue weighted by molar-refractivity contribution is 5.60. The van der Waals surface area contributed by atoms with E-state index in [-0.39, 0.29) is 11.5 Å². The Kier molecular flexibility index (Phi) is 3.60. The summed E-state index contributed by atoms with van der Waals surface area (Å²) in [6.45, 7) is 6.18. The van der Waals surface area contributed by atoms with E-state index in [9.17, 15) is 4.79 Å². The van der Waals surface area contributed by atoms with Gasteiger partial charge in [-0.3, -0.25) is 4.79 Å². The zero-order valence-electron chi connectivity index (χ0n) is 11.0. The van der Waals surface area contributed by atoms with Gasteiger partial charge < -0.3 is 4.98 Å². The van der Waals surface area contributed by atoms with Gasteiger partial charge in [-0.15, -0.1) is 0 Å². The van der Waals surface area contributed by atoms with Crippen molar-refractivity contribution in [2.75, 3.05) is 0 Å². The van der Waals surface area contributed by atoms with Crippen LogP contribution in [-0.2, 0) is 6.42 Å². The van der Waals surface area contributed by atoms with Crippen molar-refractivity contribution < 1.29 is 0 Å². The highest BCUT2D eigenvalue weighted by Gasteiger charge is 2.09. The number of aromatic amines is 1. The van der Waals surface area contributed by atoms with Gasteiger partial charge in [-0.25, -0.2) is 4.98 Å². The van der Waals surface area contributed by atoms with E-state index >= 15 is 0 Å². The molecule has 94 valence electrons. The van der Waals surface area contributed by atoms with E-state index in [4.69, 9.17) is 0 Å². The molecule has 0 saturated carbocycles. The van der Waals surface area contributed by atoms with Crippen molar-refractivity contribution in [2.45, 2.75) is 33.1 Å². The van der Waals surface area contributed by atoms with Crippen LogP contribution in [0.5, 0.6) is 0 Å². The first-order valence-corrected chi connectivity index (χ1v) is 6.31. The monoisotopic (exact) mass is 242 g/mol. The van der Waals surface area contributed by atoms with Crippen molar-refractivity contribution in [1.82, 2.24) is 9.97 Å². The van der Waals surface area contributed by atoms with E-state index in [1.807, 2.05) is 32.0 Å². The van der Waals surface area contributed by atoms with Crippen LogP contribution in [0.2, 0.25) is 0 Å². The summed E-state index contributed by atoms with van der Waals surface area (Å²) < 4.78 is 0. The molecule has 0 spiro atoms. The Hall–Kier alpha value is -1.90. The molecule has 0 fully saturated rings. The fourth-order valence-corrected chi connectivity index (χ4v) is 1.96. The fourth-order valence-electron chi connectivity index (χ4n) is 1.96. The zero-order valence-corrected chi connectivity index (χ0v) is 11.0. The highest BCUT2D eigenvalue weighted by atomic mass is 16.1. The molecule has 3 nitrogen and oxygen atoms in total. The molecule has 0 atom stereocenters. The number of aryl methyl sites for hydroxylation is 1. The first kappa shape index (κ1) is 12.6. The summed E-state index contributed by atoms with van der Waals surface area (Å²) in [5.74, 6) is 0.920. The Morgan fingerprint density at radius 2 is 2.00 bits per heavy atom. The maximum Gasteiger partial charge on any atom is 0.251 e. The van der Waals surface area contributed by atoms with Crippen LogP contribution in [0.3, 0.4) is 0 Å². The van der Waals surface area contributed by atoms with Crippen LogP contribution < -0.4 is 5.56 Å². The fraction of sp³-hybridized carbons (Fsp3) is 0.333. The van der Waals surface area contributed by atoms with E-state index in [0.29, 0.717) is 5.82 Å². The molecule has 3 heteroatoms. The van der Waals surface area contributed by atoms with Gasteiger partial charge in [-0.05, 0) is 17.9 Å². The van der Waals surface area contributed by atoms with Crippen molar-refractivity contribution in [3.63, 3.8) is 0 Å². The van der Waals surface area contributed by atoms with Crippen LogP contribution >= 0.6 is 0 Å². The van der Waals surface area contributed by atoms with Gasteiger partial charge in [0, 0.05) is 11.6 Å². The summed E-state index contributed by atoms with van der Waals surface area (Å²) in [7, 11) is 0. The van der Waals surface area contributed by atoms with Crippen LogP contribution in [0.15, 0.2) is 35.1 Å². The van der Waals surface area contributed by atoms with E-state index in [0.717, 1.165) is 17.7 Å². The van der Waals surface area contributed by atoms with Gasteiger partial charge >= 0.3 is 0 Å². The van der Waals surface area contributed by atoms with Crippen molar-refractivity contribution >= 4 is 0 Å². The molecule has 0 saturated heterocycles.